The zero-order valence-electron chi connectivity index (χ0n) is 15.5. The minimum atomic E-state index is -2.05. The monoisotopic (exact) mass is 405 g/mol. The second-order valence-corrected chi connectivity index (χ2v) is 7.40. The highest BCUT2D eigenvalue weighted by Crippen LogP contribution is 2.25. The largest absolute Gasteiger partial charge is 0.294 e. The van der Waals surface area contributed by atoms with E-state index in [4.69, 9.17) is 4.55 Å². The van der Waals surface area contributed by atoms with E-state index in [0.717, 1.165) is 27.8 Å². The SMILES string of the molecule is O=c1c2ccccc2c(-c2ccc(CNS(=O)O)cc2)nn1Cc1ccccc1. The topological polar surface area (TPSA) is 84.2 Å². The number of benzene rings is 3. The van der Waals surface area contributed by atoms with Gasteiger partial charge in [-0.25, -0.2) is 13.6 Å². The molecule has 3 aromatic carbocycles. The summed E-state index contributed by atoms with van der Waals surface area (Å²) >= 11 is -2.05. The third-order valence-electron chi connectivity index (χ3n) is 4.67. The van der Waals surface area contributed by atoms with Gasteiger partial charge in [-0.15, -0.1) is 0 Å². The minimum absolute atomic E-state index is 0.126. The summed E-state index contributed by atoms with van der Waals surface area (Å²) in [7, 11) is 0. The molecule has 1 unspecified atom stereocenters. The molecule has 4 aromatic rings. The van der Waals surface area contributed by atoms with Gasteiger partial charge in [0.2, 0.25) is 11.3 Å². The van der Waals surface area contributed by atoms with Crippen LogP contribution in [0.1, 0.15) is 11.1 Å². The van der Waals surface area contributed by atoms with E-state index in [2.05, 4.69) is 9.82 Å². The van der Waals surface area contributed by atoms with Gasteiger partial charge in [-0.2, -0.15) is 5.10 Å². The summed E-state index contributed by atoms with van der Waals surface area (Å²) in [6.45, 7) is 0.674. The fourth-order valence-electron chi connectivity index (χ4n) is 3.24. The van der Waals surface area contributed by atoms with Gasteiger partial charge in [0.25, 0.3) is 5.56 Å². The number of hydrogen-bond acceptors (Lipinski definition) is 3. The molecule has 0 aliphatic heterocycles. The van der Waals surface area contributed by atoms with Crippen LogP contribution in [0, 0.1) is 0 Å². The summed E-state index contributed by atoms with van der Waals surface area (Å²) in [6.07, 6.45) is 0. The minimum Gasteiger partial charge on any atom is -0.294 e. The number of hydrogen-bond donors (Lipinski definition) is 2. The summed E-state index contributed by atoms with van der Waals surface area (Å²) in [6, 6.07) is 24.8. The average Bonchev–Trinajstić information content (AvgIpc) is 2.75. The zero-order valence-corrected chi connectivity index (χ0v) is 16.3. The molecule has 0 amide bonds. The molecule has 0 aliphatic rings. The Kier molecular flexibility index (Phi) is 5.62. The standard InChI is InChI=1S/C22H19N3O3S/c26-22-20-9-5-4-8-19(20)21(24-25(22)15-17-6-2-1-3-7-17)18-12-10-16(11-13-18)14-23-29(27)28/h1-13,23H,14-15H2,(H,27,28). The quantitative estimate of drug-likeness (QED) is 0.482. The predicted octanol–water partition coefficient (Wildman–Crippen LogP) is 3.34. The molecule has 6 nitrogen and oxygen atoms in total. The molecule has 29 heavy (non-hydrogen) atoms. The van der Waals surface area contributed by atoms with E-state index in [9.17, 15) is 9.00 Å². The van der Waals surface area contributed by atoms with E-state index in [1.165, 1.54) is 4.68 Å². The predicted molar refractivity (Wildman–Crippen MR) is 115 cm³/mol. The lowest BCUT2D eigenvalue weighted by Crippen LogP contribution is -2.24. The first kappa shape index (κ1) is 19.2. The summed E-state index contributed by atoms with van der Waals surface area (Å²) < 4.78 is 23.6. The highest BCUT2D eigenvalue weighted by atomic mass is 32.2. The first-order valence-electron chi connectivity index (χ1n) is 9.09. The summed E-state index contributed by atoms with van der Waals surface area (Å²) in [5.41, 5.74) is 3.34. The van der Waals surface area contributed by atoms with Gasteiger partial charge in [0.05, 0.1) is 17.6 Å². The van der Waals surface area contributed by atoms with Crippen molar-refractivity contribution in [2.45, 2.75) is 13.1 Å². The molecular formula is C22H19N3O3S. The Morgan fingerprint density at radius 1 is 0.862 bits per heavy atom. The molecule has 0 aliphatic carbocycles. The fourth-order valence-corrected chi connectivity index (χ4v) is 3.53. The van der Waals surface area contributed by atoms with E-state index < -0.39 is 11.3 Å². The molecule has 1 aromatic heterocycles. The summed E-state index contributed by atoms with van der Waals surface area (Å²) in [5, 5.41) is 6.09. The van der Waals surface area contributed by atoms with Crippen LogP contribution in [0.15, 0.2) is 83.7 Å². The molecule has 1 heterocycles. The second-order valence-electron chi connectivity index (χ2n) is 6.61. The van der Waals surface area contributed by atoms with Gasteiger partial charge < -0.3 is 0 Å². The molecule has 1 atom stereocenters. The highest BCUT2D eigenvalue weighted by Gasteiger charge is 2.12. The third-order valence-corrected chi connectivity index (χ3v) is 5.06. The third kappa shape index (κ3) is 4.32. The fraction of sp³-hybridized carbons (Fsp3) is 0.0909. The summed E-state index contributed by atoms with van der Waals surface area (Å²) in [5.74, 6) is 0. The van der Waals surface area contributed by atoms with Crippen LogP contribution in [-0.4, -0.2) is 18.5 Å². The number of nitrogens with one attached hydrogen (secondary N) is 1. The van der Waals surface area contributed by atoms with Gasteiger partial charge >= 0.3 is 0 Å². The van der Waals surface area contributed by atoms with Crippen LogP contribution in [-0.2, 0) is 24.4 Å². The van der Waals surface area contributed by atoms with Crippen molar-refractivity contribution in [3.63, 3.8) is 0 Å². The Bertz CT molecular complexity index is 1220. The second kappa shape index (κ2) is 8.48. The Morgan fingerprint density at radius 3 is 2.21 bits per heavy atom. The Balaban J connectivity index is 1.78. The first-order chi connectivity index (χ1) is 14.1. The van der Waals surface area contributed by atoms with Gasteiger partial charge in [-0.1, -0.05) is 72.8 Å². The van der Waals surface area contributed by atoms with E-state index in [1.807, 2.05) is 78.9 Å². The molecule has 0 saturated carbocycles. The van der Waals surface area contributed by atoms with Crippen LogP contribution in [0.4, 0.5) is 0 Å². The number of aromatic nitrogens is 2. The molecule has 0 saturated heterocycles. The molecule has 0 bridgehead atoms. The van der Waals surface area contributed by atoms with Crippen LogP contribution in [0.2, 0.25) is 0 Å². The van der Waals surface area contributed by atoms with Crippen molar-refractivity contribution in [1.82, 2.24) is 14.5 Å². The van der Waals surface area contributed by atoms with Gasteiger partial charge in [0.1, 0.15) is 0 Å². The van der Waals surface area contributed by atoms with Crippen molar-refractivity contribution >= 4 is 22.0 Å². The van der Waals surface area contributed by atoms with Gasteiger partial charge in [-0.3, -0.25) is 9.35 Å². The van der Waals surface area contributed by atoms with Gasteiger partial charge in [0.15, 0.2) is 0 Å². The maximum absolute atomic E-state index is 13.0. The summed E-state index contributed by atoms with van der Waals surface area (Å²) in [4.78, 5) is 13.0. The van der Waals surface area contributed by atoms with Crippen LogP contribution in [0.5, 0.6) is 0 Å². The smallest absolute Gasteiger partial charge is 0.274 e. The van der Waals surface area contributed by atoms with Crippen LogP contribution >= 0.6 is 0 Å². The molecule has 146 valence electrons. The van der Waals surface area contributed by atoms with E-state index in [-0.39, 0.29) is 12.1 Å². The Hall–Kier alpha value is -3.13. The molecule has 0 radical (unpaired) electrons. The lowest BCUT2D eigenvalue weighted by atomic mass is 10.0. The molecular weight excluding hydrogens is 386 g/mol. The maximum atomic E-state index is 13.0. The number of fused-ring (bicyclic) bond motifs is 1. The Labute approximate surface area is 170 Å². The van der Waals surface area contributed by atoms with Crippen molar-refractivity contribution in [1.29, 1.82) is 0 Å². The number of rotatable bonds is 6. The van der Waals surface area contributed by atoms with Crippen molar-refractivity contribution < 1.29 is 8.76 Å². The lowest BCUT2D eigenvalue weighted by molar-refractivity contribution is 0.548. The van der Waals surface area contributed by atoms with Gasteiger partial charge in [0, 0.05) is 17.5 Å². The van der Waals surface area contributed by atoms with Crippen molar-refractivity contribution in [2.75, 3.05) is 0 Å². The highest BCUT2D eigenvalue weighted by molar-refractivity contribution is 7.77. The van der Waals surface area contributed by atoms with Gasteiger partial charge in [-0.05, 0) is 17.2 Å². The molecule has 4 rings (SSSR count). The number of nitrogens with zero attached hydrogens (tertiary/aromatic N) is 2. The van der Waals surface area contributed by atoms with Crippen molar-refractivity contribution in [2.24, 2.45) is 0 Å². The average molecular weight is 405 g/mol. The normalized spacial score (nSPS) is 12.2. The maximum Gasteiger partial charge on any atom is 0.274 e. The van der Waals surface area contributed by atoms with Crippen LogP contribution in [0.3, 0.4) is 0 Å². The van der Waals surface area contributed by atoms with Crippen LogP contribution < -0.4 is 10.3 Å². The zero-order chi connectivity index (χ0) is 20.2. The van der Waals surface area contributed by atoms with Crippen molar-refractivity contribution in [3.05, 3.63) is 100 Å². The molecule has 0 fully saturated rings. The molecule has 7 heteroatoms. The molecule has 2 N–H and O–H groups in total. The Morgan fingerprint density at radius 2 is 1.52 bits per heavy atom. The van der Waals surface area contributed by atoms with E-state index >= 15 is 0 Å². The lowest BCUT2D eigenvalue weighted by Gasteiger charge is -2.12. The first-order valence-corrected chi connectivity index (χ1v) is 10.2. The molecule has 0 spiro atoms. The van der Waals surface area contributed by atoms with E-state index in [0.29, 0.717) is 11.9 Å². The van der Waals surface area contributed by atoms with E-state index in [1.54, 1.807) is 0 Å². The van der Waals surface area contributed by atoms with Crippen LogP contribution in [0.25, 0.3) is 22.0 Å². The van der Waals surface area contributed by atoms with Crippen molar-refractivity contribution in [3.8, 4) is 11.3 Å².